The minimum Gasteiger partial charge on any atom is -0.370 e. The van der Waals surface area contributed by atoms with Crippen molar-refractivity contribution in [1.82, 2.24) is 15.5 Å². The van der Waals surface area contributed by atoms with Gasteiger partial charge in [-0.05, 0) is 66.0 Å². The average molecular weight is 634 g/mol. The molecule has 5 rings (SSSR count). The molecule has 0 bridgehead atoms. The molecule has 8 N–H and O–H groups in total. The molecule has 0 aromatic heterocycles. The zero-order valence-electron chi connectivity index (χ0n) is 26.9. The molecule has 9 heteroatoms. The molecule has 0 unspecified atom stereocenters. The first-order chi connectivity index (χ1) is 22.9. The molecule has 4 aromatic rings. The lowest BCUT2D eigenvalue weighted by Gasteiger charge is -2.31. The van der Waals surface area contributed by atoms with Crippen LogP contribution in [0.5, 0.6) is 0 Å². The first kappa shape index (κ1) is 33.6. The molecule has 1 aliphatic heterocycles. The Morgan fingerprint density at radius 3 is 2.23 bits per heavy atom. The van der Waals surface area contributed by atoms with Gasteiger partial charge in [0.1, 0.15) is 0 Å². The lowest BCUT2D eigenvalue weighted by molar-refractivity contribution is -0.132. The highest BCUT2D eigenvalue weighted by Gasteiger charge is 2.35. The molecule has 0 radical (unpaired) electrons. The van der Waals surface area contributed by atoms with Crippen LogP contribution in [0.1, 0.15) is 36.0 Å². The van der Waals surface area contributed by atoms with Gasteiger partial charge in [0.25, 0.3) is 0 Å². The van der Waals surface area contributed by atoms with Crippen LogP contribution < -0.4 is 27.8 Å². The van der Waals surface area contributed by atoms with Gasteiger partial charge in [-0.3, -0.25) is 14.6 Å². The molecule has 1 heterocycles. The number of carbonyl (C=O) groups excluding carboxylic acids is 2. The van der Waals surface area contributed by atoms with Gasteiger partial charge in [0.15, 0.2) is 5.96 Å². The standard InChI is InChI=1S/C38H47N7O2/c39-32(25-27-10-3-1-4-11-27)36(46)44-35(26-28-12-5-2-6-13-28)33-20-23-45(37(47)34(43-33)16-9-21-42-38(40)41)22-19-29-17-18-30-14-7-8-15-31(30)24-29/h1-8,10-15,17-18,24,32-35,43H,9,16,19-23,25-26,39H2,(H,44,46)(H4,40,41,42)/t32-,33-,34-,35+/m0/s1. The van der Waals surface area contributed by atoms with Crippen molar-refractivity contribution >= 4 is 28.5 Å². The van der Waals surface area contributed by atoms with Gasteiger partial charge in [-0.2, -0.15) is 0 Å². The minimum absolute atomic E-state index is 0.0394. The Hall–Kier alpha value is -4.73. The Morgan fingerprint density at radius 2 is 1.53 bits per heavy atom. The lowest BCUT2D eigenvalue weighted by atomic mass is 9.95. The third-order valence-electron chi connectivity index (χ3n) is 8.91. The van der Waals surface area contributed by atoms with E-state index >= 15 is 0 Å². The molecule has 0 spiro atoms. The quantitative estimate of drug-likeness (QED) is 0.0817. The van der Waals surface area contributed by atoms with Crippen LogP contribution >= 0.6 is 0 Å². The van der Waals surface area contributed by atoms with Gasteiger partial charge in [0, 0.05) is 31.7 Å². The Morgan fingerprint density at radius 1 is 0.872 bits per heavy atom. The van der Waals surface area contributed by atoms with E-state index in [0.29, 0.717) is 51.7 Å². The number of nitrogens with one attached hydrogen (secondary N) is 2. The summed E-state index contributed by atoms with van der Waals surface area (Å²) >= 11 is 0. The zero-order chi connectivity index (χ0) is 33.0. The van der Waals surface area contributed by atoms with Crippen LogP contribution in [0.2, 0.25) is 0 Å². The SMILES string of the molecule is NC(N)=NCCC[C@@H]1N[C@H]([C@@H](Cc2ccccc2)NC(=O)[C@@H](N)Cc2ccccc2)CCN(CCc2ccc3ccccc3c2)C1=O. The highest BCUT2D eigenvalue weighted by molar-refractivity contribution is 5.84. The highest BCUT2D eigenvalue weighted by Crippen LogP contribution is 2.20. The third-order valence-corrected chi connectivity index (χ3v) is 8.91. The van der Waals surface area contributed by atoms with Gasteiger partial charge in [-0.1, -0.05) is 103 Å². The van der Waals surface area contributed by atoms with Crippen LogP contribution in [0.25, 0.3) is 10.8 Å². The second kappa shape index (κ2) is 16.7. The molecule has 47 heavy (non-hydrogen) atoms. The topological polar surface area (TPSA) is 152 Å². The summed E-state index contributed by atoms with van der Waals surface area (Å²) in [5, 5.41) is 9.33. The summed E-state index contributed by atoms with van der Waals surface area (Å²) in [4.78, 5) is 33.7. The molecule has 9 nitrogen and oxygen atoms in total. The van der Waals surface area contributed by atoms with Crippen LogP contribution in [0.3, 0.4) is 0 Å². The Balaban J connectivity index is 1.34. The maximum atomic E-state index is 14.0. The minimum atomic E-state index is -0.697. The maximum absolute atomic E-state index is 14.0. The number of rotatable bonds is 14. The van der Waals surface area contributed by atoms with Crippen molar-refractivity contribution in [3.63, 3.8) is 0 Å². The molecule has 1 aliphatic rings. The Kier molecular flexibility index (Phi) is 12.0. The molecule has 246 valence electrons. The fourth-order valence-corrected chi connectivity index (χ4v) is 6.36. The third kappa shape index (κ3) is 9.88. The Bertz CT molecular complexity index is 1630. The molecule has 0 aliphatic carbocycles. The summed E-state index contributed by atoms with van der Waals surface area (Å²) in [5.74, 6) is -0.106. The first-order valence-corrected chi connectivity index (χ1v) is 16.6. The molecule has 0 saturated carbocycles. The molecule has 2 amide bonds. The molecule has 4 aromatic carbocycles. The summed E-state index contributed by atoms with van der Waals surface area (Å²) < 4.78 is 0. The number of carbonyl (C=O) groups is 2. The van der Waals surface area contributed by atoms with Crippen LogP contribution in [0.15, 0.2) is 108 Å². The number of guanidine groups is 1. The van der Waals surface area contributed by atoms with E-state index in [9.17, 15) is 9.59 Å². The van der Waals surface area contributed by atoms with Crippen molar-refractivity contribution in [3.05, 3.63) is 120 Å². The summed E-state index contributed by atoms with van der Waals surface area (Å²) in [6, 6.07) is 33.1. The fourth-order valence-electron chi connectivity index (χ4n) is 6.36. The summed E-state index contributed by atoms with van der Waals surface area (Å²) in [5.41, 5.74) is 20.8. The number of nitrogens with zero attached hydrogens (tertiary/aromatic N) is 2. The normalized spacial score (nSPS) is 17.9. The number of amides is 2. The highest BCUT2D eigenvalue weighted by atomic mass is 16.2. The van der Waals surface area contributed by atoms with E-state index in [1.165, 1.54) is 16.3 Å². The number of fused-ring (bicyclic) bond motifs is 1. The second-order valence-electron chi connectivity index (χ2n) is 12.4. The van der Waals surface area contributed by atoms with Gasteiger partial charge >= 0.3 is 0 Å². The average Bonchev–Trinajstić information content (AvgIpc) is 3.24. The van der Waals surface area contributed by atoms with Crippen molar-refractivity contribution < 1.29 is 9.59 Å². The number of nitrogens with two attached hydrogens (primary N) is 3. The van der Waals surface area contributed by atoms with Crippen molar-refractivity contribution in [2.45, 2.75) is 62.7 Å². The van der Waals surface area contributed by atoms with E-state index in [1.54, 1.807) is 0 Å². The van der Waals surface area contributed by atoms with E-state index < -0.39 is 12.1 Å². The number of benzene rings is 4. The van der Waals surface area contributed by atoms with Gasteiger partial charge < -0.3 is 32.7 Å². The fraction of sp³-hybridized carbons (Fsp3) is 0.342. The predicted molar refractivity (Wildman–Crippen MR) is 190 cm³/mol. The largest absolute Gasteiger partial charge is 0.370 e. The van der Waals surface area contributed by atoms with Crippen LogP contribution in [-0.4, -0.2) is 66.5 Å². The van der Waals surface area contributed by atoms with E-state index in [1.807, 2.05) is 65.6 Å². The van der Waals surface area contributed by atoms with Crippen molar-refractivity contribution in [2.24, 2.45) is 22.2 Å². The van der Waals surface area contributed by atoms with Crippen LogP contribution in [0.4, 0.5) is 0 Å². The van der Waals surface area contributed by atoms with E-state index in [-0.39, 0.29) is 29.9 Å². The Labute approximate surface area is 277 Å². The van der Waals surface area contributed by atoms with Gasteiger partial charge in [-0.25, -0.2) is 0 Å². The van der Waals surface area contributed by atoms with E-state index in [0.717, 1.165) is 17.5 Å². The number of aliphatic imine (C=N–C) groups is 1. The van der Waals surface area contributed by atoms with Crippen LogP contribution in [0, 0.1) is 0 Å². The van der Waals surface area contributed by atoms with E-state index in [2.05, 4.69) is 58.1 Å². The smallest absolute Gasteiger partial charge is 0.239 e. The van der Waals surface area contributed by atoms with Gasteiger partial charge in [-0.15, -0.1) is 0 Å². The summed E-state index contributed by atoms with van der Waals surface area (Å²) in [7, 11) is 0. The second-order valence-corrected chi connectivity index (χ2v) is 12.4. The molecule has 1 saturated heterocycles. The molecular formula is C38H47N7O2. The molecule has 1 fully saturated rings. The molecular weight excluding hydrogens is 586 g/mol. The summed E-state index contributed by atoms with van der Waals surface area (Å²) in [6.07, 6.45) is 3.69. The van der Waals surface area contributed by atoms with Crippen molar-refractivity contribution in [2.75, 3.05) is 19.6 Å². The predicted octanol–water partition coefficient (Wildman–Crippen LogP) is 3.29. The van der Waals surface area contributed by atoms with Crippen LogP contribution in [-0.2, 0) is 28.9 Å². The van der Waals surface area contributed by atoms with E-state index in [4.69, 9.17) is 17.2 Å². The monoisotopic (exact) mass is 633 g/mol. The van der Waals surface area contributed by atoms with Gasteiger partial charge in [0.2, 0.25) is 11.8 Å². The zero-order valence-corrected chi connectivity index (χ0v) is 26.9. The van der Waals surface area contributed by atoms with Crippen molar-refractivity contribution in [3.8, 4) is 0 Å². The van der Waals surface area contributed by atoms with Crippen molar-refractivity contribution in [1.29, 1.82) is 0 Å². The molecule has 4 atom stereocenters. The first-order valence-electron chi connectivity index (χ1n) is 16.6. The van der Waals surface area contributed by atoms with Gasteiger partial charge in [0.05, 0.1) is 12.1 Å². The maximum Gasteiger partial charge on any atom is 0.239 e. The lowest BCUT2D eigenvalue weighted by Crippen LogP contribution is -2.57. The number of hydrogen-bond acceptors (Lipinski definition) is 5. The number of hydrogen-bond donors (Lipinski definition) is 5. The summed E-state index contributed by atoms with van der Waals surface area (Å²) in [6.45, 7) is 1.62.